The Labute approximate surface area is 164 Å². The molecule has 0 saturated carbocycles. The fourth-order valence-electron chi connectivity index (χ4n) is 3.43. The van der Waals surface area contributed by atoms with Crippen LogP contribution in [0, 0.1) is 0 Å². The van der Waals surface area contributed by atoms with E-state index in [1.807, 2.05) is 36.5 Å². The van der Waals surface area contributed by atoms with E-state index in [-0.39, 0.29) is 6.10 Å². The zero-order valence-electron chi connectivity index (χ0n) is 15.3. The van der Waals surface area contributed by atoms with Gasteiger partial charge in [0.2, 0.25) is 0 Å². The summed E-state index contributed by atoms with van der Waals surface area (Å²) in [4.78, 5) is 4.61. The molecular weight excluding hydrogens is 342 g/mol. The van der Waals surface area contributed by atoms with Gasteiger partial charge in [0, 0.05) is 17.1 Å². The topological polar surface area (TPSA) is 22.1 Å². The number of fused-ring (bicyclic) bond motifs is 2. The molecule has 0 saturated heterocycles. The summed E-state index contributed by atoms with van der Waals surface area (Å²) in [6.45, 7) is 0. The van der Waals surface area contributed by atoms with Crippen LogP contribution in [-0.4, -0.2) is 4.98 Å². The van der Waals surface area contributed by atoms with Crippen LogP contribution in [0.3, 0.4) is 0 Å². The number of benzene rings is 3. The van der Waals surface area contributed by atoms with Crippen LogP contribution in [0.5, 0.6) is 5.75 Å². The summed E-state index contributed by atoms with van der Waals surface area (Å²) in [6, 6.07) is 27.0. The largest absolute Gasteiger partial charge is 0.479 e. The van der Waals surface area contributed by atoms with Crippen LogP contribution in [0.25, 0.3) is 29.0 Å². The fourth-order valence-corrected chi connectivity index (χ4v) is 3.43. The minimum absolute atomic E-state index is 0.176. The van der Waals surface area contributed by atoms with Gasteiger partial charge in [-0.15, -0.1) is 0 Å². The lowest BCUT2D eigenvalue weighted by atomic mass is 10.0. The van der Waals surface area contributed by atoms with Crippen LogP contribution >= 0.6 is 0 Å². The van der Waals surface area contributed by atoms with Crippen LogP contribution in [0.1, 0.15) is 28.5 Å². The first-order valence-electron chi connectivity index (χ1n) is 9.42. The predicted molar refractivity (Wildman–Crippen MR) is 116 cm³/mol. The second kappa shape index (κ2) is 7.16. The highest BCUT2D eigenvalue weighted by Crippen LogP contribution is 2.33. The van der Waals surface area contributed by atoms with E-state index >= 15 is 0 Å². The molecule has 134 valence electrons. The minimum atomic E-state index is -0.176. The Balaban J connectivity index is 1.42. The number of aromatic nitrogens is 1. The van der Waals surface area contributed by atoms with Crippen LogP contribution < -0.4 is 4.74 Å². The smallest absolute Gasteiger partial charge is 0.159 e. The average Bonchev–Trinajstić information content (AvgIpc) is 2.77. The number of nitrogens with zero attached hydrogens (tertiary/aromatic N) is 1. The SMILES string of the molecule is C1=CC(c2cc3ccccc3cn2)Oc2cc(/C=C/c3ccccc3)ccc21. The molecule has 0 amide bonds. The van der Waals surface area contributed by atoms with Gasteiger partial charge in [0.15, 0.2) is 6.10 Å². The molecule has 2 heterocycles. The summed E-state index contributed by atoms with van der Waals surface area (Å²) in [6.07, 6.45) is 10.1. The first kappa shape index (κ1) is 16.5. The molecule has 5 rings (SSSR count). The number of ether oxygens (including phenoxy) is 1. The minimum Gasteiger partial charge on any atom is -0.479 e. The van der Waals surface area contributed by atoms with E-state index in [1.165, 1.54) is 10.9 Å². The van der Waals surface area contributed by atoms with Crippen molar-refractivity contribution >= 4 is 29.0 Å². The summed E-state index contributed by atoms with van der Waals surface area (Å²) in [7, 11) is 0. The second-order valence-corrected chi connectivity index (χ2v) is 6.90. The zero-order chi connectivity index (χ0) is 18.8. The molecule has 1 aliphatic heterocycles. The van der Waals surface area contributed by atoms with Crippen molar-refractivity contribution in [2.24, 2.45) is 0 Å². The maximum Gasteiger partial charge on any atom is 0.159 e. The van der Waals surface area contributed by atoms with Crippen LogP contribution in [0.4, 0.5) is 0 Å². The number of hydrogen-bond donors (Lipinski definition) is 0. The summed E-state index contributed by atoms with van der Waals surface area (Å²) < 4.78 is 6.28. The van der Waals surface area contributed by atoms with Crippen molar-refractivity contribution in [1.82, 2.24) is 4.98 Å². The maximum absolute atomic E-state index is 6.28. The highest BCUT2D eigenvalue weighted by Gasteiger charge is 2.18. The predicted octanol–water partition coefficient (Wildman–Crippen LogP) is 6.55. The average molecular weight is 361 g/mol. The molecule has 0 fully saturated rings. The summed E-state index contributed by atoms with van der Waals surface area (Å²) in [5.74, 6) is 0.887. The van der Waals surface area contributed by atoms with Gasteiger partial charge in [-0.25, -0.2) is 0 Å². The van der Waals surface area contributed by atoms with Crippen LogP contribution in [0.2, 0.25) is 0 Å². The number of hydrogen-bond acceptors (Lipinski definition) is 2. The Kier molecular flexibility index (Phi) is 4.23. The van der Waals surface area contributed by atoms with Gasteiger partial charge in [0.1, 0.15) is 5.75 Å². The maximum atomic E-state index is 6.28. The van der Waals surface area contributed by atoms with E-state index in [2.05, 4.69) is 77.8 Å². The lowest BCUT2D eigenvalue weighted by Crippen LogP contribution is -2.10. The molecule has 0 bridgehead atoms. The Morgan fingerprint density at radius 2 is 1.54 bits per heavy atom. The van der Waals surface area contributed by atoms with Crippen molar-refractivity contribution in [3.05, 3.63) is 114 Å². The third-order valence-electron chi connectivity index (χ3n) is 4.95. The van der Waals surface area contributed by atoms with Crippen molar-refractivity contribution in [3.8, 4) is 5.75 Å². The monoisotopic (exact) mass is 361 g/mol. The van der Waals surface area contributed by atoms with Crippen LogP contribution in [0.15, 0.2) is 91.1 Å². The zero-order valence-corrected chi connectivity index (χ0v) is 15.3. The first-order valence-corrected chi connectivity index (χ1v) is 9.42. The molecule has 1 unspecified atom stereocenters. The Morgan fingerprint density at radius 3 is 2.43 bits per heavy atom. The lowest BCUT2D eigenvalue weighted by Gasteiger charge is -2.21. The van der Waals surface area contributed by atoms with Gasteiger partial charge >= 0.3 is 0 Å². The molecule has 2 heteroatoms. The van der Waals surface area contributed by atoms with Gasteiger partial charge in [-0.2, -0.15) is 0 Å². The van der Waals surface area contributed by atoms with Crippen molar-refractivity contribution in [2.75, 3.05) is 0 Å². The van der Waals surface area contributed by atoms with Crippen LogP contribution in [-0.2, 0) is 0 Å². The Bertz CT molecular complexity index is 1190. The molecule has 1 aromatic heterocycles. The highest BCUT2D eigenvalue weighted by molar-refractivity contribution is 5.82. The molecule has 1 atom stereocenters. The molecule has 1 aliphatic rings. The third-order valence-corrected chi connectivity index (χ3v) is 4.95. The molecule has 0 radical (unpaired) electrons. The number of pyridine rings is 1. The van der Waals surface area contributed by atoms with E-state index in [0.29, 0.717) is 0 Å². The van der Waals surface area contributed by atoms with Gasteiger partial charge in [0.25, 0.3) is 0 Å². The molecule has 28 heavy (non-hydrogen) atoms. The van der Waals surface area contributed by atoms with E-state index in [9.17, 15) is 0 Å². The van der Waals surface area contributed by atoms with Crippen molar-refractivity contribution in [2.45, 2.75) is 6.10 Å². The van der Waals surface area contributed by atoms with Gasteiger partial charge in [-0.05, 0) is 34.7 Å². The molecule has 0 N–H and O–H groups in total. The molecule has 0 aliphatic carbocycles. The van der Waals surface area contributed by atoms with E-state index in [4.69, 9.17) is 4.74 Å². The molecule has 2 nitrogen and oxygen atoms in total. The fraction of sp³-hybridized carbons (Fsp3) is 0.0385. The van der Waals surface area contributed by atoms with Crippen molar-refractivity contribution in [3.63, 3.8) is 0 Å². The summed E-state index contributed by atoms with van der Waals surface area (Å²) in [5.41, 5.74) is 4.31. The highest BCUT2D eigenvalue weighted by atomic mass is 16.5. The Morgan fingerprint density at radius 1 is 0.750 bits per heavy atom. The Hall–Kier alpha value is -3.65. The standard InChI is InChI=1S/C26H19NO/c1-2-6-19(7-3-1)10-11-20-12-13-21-14-15-25(28-26(21)16-20)24-17-22-8-4-5-9-23(22)18-27-24/h1-18,25H/b11-10+. The van der Waals surface area contributed by atoms with E-state index in [0.717, 1.165) is 28.0 Å². The van der Waals surface area contributed by atoms with Crippen molar-refractivity contribution in [1.29, 1.82) is 0 Å². The van der Waals surface area contributed by atoms with Gasteiger partial charge in [-0.1, -0.05) is 85.0 Å². The summed E-state index contributed by atoms with van der Waals surface area (Å²) in [5, 5.41) is 2.31. The number of rotatable bonds is 3. The van der Waals surface area contributed by atoms with Gasteiger partial charge in [0.05, 0.1) is 5.69 Å². The summed E-state index contributed by atoms with van der Waals surface area (Å²) >= 11 is 0. The van der Waals surface area contributed by atoms with Gasteiger partial charge < -0.3 is 4.74 Å². The van der Waals surface area contributed by atoms with Gasteiger partial charge in [-0.3, -0.25) is 4.98 Å². The molecular formula is C26H19NO. The third kappa shape index (κ3) is 3.33. The molecule has 3 aromatic carbocycles. The normalized spacial score (nSPS) is 15.5. The van der Waals surface area contributed by atoms with Crippen molar-refractivity contribution < 1.29 is 4.74 Å². The van der Waals surface area contributed by atoms with E-state index < -0.39 is 0 Å². The molecule has 0 spiro atoms. The first-order chi connectivity index (χ1) is 13.8. The quantitative estimate of drug-likeness (QED) is 0.386. The molecule has 4 aromatic rings. The lowest BCUT2D eigenvalue weighted by molar-refractivity contribution is 0.247. The second-order valence-electron chi connectivity index (χ2n) is 6.90. The van der Waals surface area contributed by atoms with E-state index in [1.54, 1.807) is 0 Å².